The van der Waals surface area contributed by atoms with Gasteiger partial charge in [0.15, 0.2) is 0 Å². The summed E-state index contributed by atoms with van der Waals surface area (Å²) in [4.78, 5) is 0. The van der Waals surface area contributed by atoms with Crippen molar-refractivity contribution in [2.45, 2.75) is 12.5 Å². The lowest BCUT2D eigenvalue weighted by atomic mass is 9.99. The molecular formula is C14H11BrClF2N. The van der Waals surface area contributed by atoms with Crippen LogP contribution >= 0.6 is 27.5 Å². The summed E-state index contributed by atoms with van der Waals surface area (Å²) in [7, 11) is 0. The lowest BCUT2D eigenvalue weighted by Crippen LogP contribution is -2.15. The summed E-state index contributed by atoms with van der Waals surface area (Å²) in [6.45, 7) is 0. The number of benzene rings is 2. The summed E-state index contributed by atoms with van der Waals surface area (Å²) >= 11 is 9.05. The molecule has 0 bridgehead atoms. The molecule has 2 aromatic rings. The average Bonchev–Trinajstić information content (AvgIpc) is 2.36. The summed E-state index contributed by atoms with van der Waals surface area (Å²) in [5.41, 5.74) is 7.08. The third-order valence-corrected chi connectivity index (χ3v) is 3.80. The van der Waals surface area contributed by atoms with Crippen LogP contribution in [0.4, 0.5) is 8.78 Å². The zero-order valence-electron chi connectivity index (χ0n) is 9.84. The summed E-state index contributed by atoms with van der Waals surface area (Å²) < 4.78 is 27.2. The fraction of sp³-hybridized carbons (Fsp3) is 0.143. The molecule has 0 spiro atoms. The predicted molar refractivity (Wildman–Crippen MR) is 76.1 cm³/mol. The van der Waals surface area contributed by atoms with E-state index in [1.807, 2.05) is 0 Å². The van der Waals surface area contributed by atoms with Gasteiger partial charge in [0.25, 0.3) is 0 Å². The largest absolute Gasteiger partial charge is 0.324 e. The van der Waals surface area contributed by atoms with Crippen LogP contribution in [0.25, 0.3) is 0 Å². The maximum atomic E-state index is 13.9. The Balaban J connectivity index is 2.25. The van der Waals surface area contributed by atoms with Gasteiger partial charge >= 0.3 is 0 Å². The number of hydrogen-bond acceptors (Lipinski definition) is 1. The minimum atomic E-state index is -0.541. The van der Waals surface area contributed by atoms with Crippen LogP contribution in [0.15, 0.2) is 40.9 Å². The van der Waals surface area contributed by atoms with E-state index in [0.717, 1.165) is 0 Å². The van der Waals surface area contributed by atoms with E-state index >= 15 is 0 Å². The first kappa shape index (κ1) is 14.4. The summed E-state index contributed by atoms with van der Waals surface area (Å²) in [6.07, 6.45) is 0.340. The quantitative estimate of drug-likeness (QED) is 0.862. The Labute approximate surface area is 123 Å². The molecule has 0 saturated heterocycles. The molecule has 0 amide bonds. The zero-order chi connectivity index (χ0) is 14.0. The van der Waals surface area contributed by atoms with Crippen molar-refractivity contribution >= 4 is 27.5 Å². The summed E-state index contributed by atoms with van der Waals surface area (Å²) in [6, 6.07) is 8.51. The highest BCUT2D eigenvalue weighted by molar-refractivity contribution is 9.10. The molecule has 0 aromatic heterocycles. The smallest absolute Gasteiger partial charge is 0.142 e. The molecule has 5 heteroatoms. The first-order chi connectivity index (χ1) is 8.99. The van der Waals surface area contributed by atoms with Gasteiger partial charge in [-0.2, -0.15) is 0 Å². The van der Waals surface area contributed by atoms with Gasteiger partial charge in [0.1, 0.15) is 11.6 Å². The Kier molecular flexibility index (Phi) is 4.55. The molecule has 1 atom stereocenters. The van der Waals surface area contributed by atoms with Crippen molar-refractivity contribution in [1.29, 1.82) is 0 Å². The van der Waals surface area contributed by atoms with E-state index in [4.69, 9.17) is 17.3 Å². The van der Waals surface area contributed by atoms with Gasteiger partial charge in [-0.25, -0.2) is 8.78 Å². The Hall–Kier alpha value is -0.970. The van der Waals surface area contributed by atoms with Crippen molar-refractivity contribution in [3.8, 4) is 0 Å². The topological polar surface area (TPSA) is 26.0 Å². The molecule has 0 aliphatic carbocycles. The van der Waals surface area contributed by atoms with Crippen LogP contribution < -0.4 is 5.73 Å². The third kappa shape index (κ3) is 3.32. The highest BCUT2D eigenvalue weighted by atomic mass is 79.9. The molecule has 0 fully saturated rings. The molecule has 0 saturated carbocycles. The number of rotatable bonds is 3. The van der Waals surface area contributed by atoms with E-state index in [0.29, 0.717) is 27.0 Å². The van der Waals surface area contributed by atoms with Crippen LogP contribution in [-0.2, 0) is 6.42 Å². The van der Waals surface area contributed by atoms with Crippen molar-refractivity contribution in [3.63, 3.8) is 0 Å². The van der Waals surface area contributed by atoms with Gasteiger partial charge in [0, 0.05) is 16.6 Å². The van der Waals surface area contributed by atoms with Crippen molar-refractivity contribution in [2.24, 2.45) is 5.73 Å². The van der Waals surface area contributed by atoms with Crippen LogP contribution in [0.2, 0.25) is 5.02 Å². The number of halogens is 4. The molecule has 2 rings (SSSR count). The molecule has 2 aromatic carbocycles. The maximum absolute atomic E-state index is 13.9. The molecule has 0 aliphatic heterocycles. The summed E-state index contributed by atoms with van der Waals surface area (Å²) in [5.74, 6) is -0.788. The van der Waals surface area contributed by atoms with Gasteiger partial charge in [-0.05, 0) is 46.1 Å². The molecular weight excluding hydrogens is 336 g/mol. The fourth-order valence-corrected chi connectivity index (χ4v) is 2.47. The molecule has 1 nitrogen and oxygen atoms in total. The van der Waals surface area contributed by atoms with Gasteiger partial charge in [-0.3, -0.25) is 0 Å². The first-order valence-electron chi connectivity index (χ1n) is 5.62. The number of nitrogens with two attached hydrogens (primary N) is 1. The van der Waals surface area contributed by atoms with Gasteiger partial charge in [-0.1, -0.05) is 29.8 Å². The minimum Gasteiger partial charge on any atom is -0.324 e. The van der Waals surface area contributed by atoms with Crippen LogP contribution in [0.3, 0.4) is 0 Å². The van der Waals surface area contributed by atoms with Gasteiger partial charge in [0.2, 0.25) is 0 Å². The van der Waals surface area contributed by atoms with Crippen LogP contribution in [0.1, 0.15) is 17.2 Å². The number of hydrogen-bond donors (Lipinski definition) is 1. The Morgan fingerprint density at radius 2 is 1.95 bits per heavy atom. The minimum absolute atomic E-state index is 0.297. The van der Waals surface area contributed by atoms with Crippen LogP contribution in [0, 0.1) is 11.6 Å². The highest BCUT2D eigenvalue weighted by Gasteiger charge is 2.15. The normalized spacial score (nSPS) is 12.5. The predicted octanol–water partition coefficient (Wildman–Crippen LogP) is 4.62. The highest BCUT2D eigenvalue weighted by Crippen LogP contribution is 2.27. The molecule has 19 heavy (non-hydrogen) atoms. The van der Waals surface area contributed by atoms with Crippen LogP contribution in [0.5, 0.6) is 0 Å². The molecule has 1 unspecified atom stereocenters. The lowest BCUT2D eigenvalue weighted by Gasteiger charge is -2.14. The molecule has 2 N–H and O–H groups in total. The van der Waals surface area contributed by atoms with E-state index in [9.17, 15) is 8.78 Å². The molecule has 0 heterocycles. The lowest BCUT2D eigenvalue weighted by molar-refractivity contribution is 0.574. The van der Waals surface area contributed by atoms with Gasteiger partial charge in [0.05, 0.1) is 4.47 Å². The molecule has 100 valence electrons. The Morgan fingerprint density at radius 3 is 2.63 bits per heavy atom. The summed E-state index contributed by atoms with van der Waals surface area (Å²) in [5, 5.41) is 0.297. The van der Waals surface area contributed by atoms with Crippen molar-refractivity contribution < 1.29 is 8.78 Å². The molecule has 0 radical (unpaired) electrons. The standard InChI is InChI=1S/C14H11BrClF2N/c15-11-3-1-2-10(14(11)18)13(19)6-8-4-5-9(17)7-12(8)16/h1-5,7,13H,6,19H2. The average molecular weight is 347 g/mol. The van der Waals surface area contributed by atoms with Crippen molar-refractivity contribution in [2.75, 3.05) is 0 Å². The van der Waals surface area contributed by atoms with Crippen molar-refractivity contribution in [1.82, 2.24) is 0 Å². The second kappa shape index (κ2) is 5.99. The maximum Gasteiger partial charge on any atom is 0.142 e. The van der Waals surface area contributed by atoms with Crippen molar-refractivity contribution in [3.05, 3.63) is 68.7 Å². The second-order valence-electron chi connectivity index (χ2n) is 4.19. The SMILES string of the molecule is NC(Cc1ccc(F)cc1Cl)c1cccc(Br)c1F. The monoisotopic (exact) mass is 345 g/mol. The fourth-order valence-electron chi connectivity index (χ4n) is 1.84. The Morgan fingerprint density at radius 1 is 1.21 bits per heavy atom. The van der Waals surface area contributed by atoms with Crippen LogP contribution in [-0.4, -0.2) is 0 Å². The van der Waals surface area contributed by atoms with E-state index in [-0.39, 0.29) is 5.82 Å². The second-order valence-corrected chi connectivity index (χ2v) is 5.45. The van der Waals surface area contributed by atoms with E-state index in [1.54, 1.807) is 24.3 Å². The molecule has 0 aliphatic rings. The van der Waals surface area contributed by atoms with Gasteiger partial charge < -0.3 is 5.73 Å². The zero-order valence-corrected chi connectivity index (χ0v) is 12.2. The van der Waals surface area contributed by atoms with E-state index in [1.165, 1.54) is 12.1 Å². The van der Waals surface area contributed by atoms with Gasteiger partial charge in [-0.15, -0.1) is 0 Å². The third-order valence-electron chi connectivity index (χ3n) is 2.84. The first-order valence-corrected chi connectivity index (χ1v) is 6.79. The van der Waals surface area contributed by atoms with E-state index < -0.39 is 11.9 Å². The van der Waals surface area contributed by atoms with E-state index in [2.05, 4.69) is 15.9 Å². The Bertz CT molecular complexity index is 604.